The average molecular weight is 312 g/mol. The Balaban J connectivity index is 2.63. The third kappa shape index (κ3) is 5.11. The molecule has 1 N–H and O–H groups in total. The summed E-state index contributed by atoms with van der Waals surface area (Å²) in [6.45, 7) is 9.32. The van der Waals surface area contributed by atoms with Crippen molar-refractivity contribution in [3.8, 4) is 0 Å². The van der Waals surface area contributed by atoms with E-state index in [1.165, 1.54) is 16.5 Å². The first-order valence-electron chi connectivity index (χ1n) is 6.74. The first-order chi connectivity index (χ1) is 8.32. The smallest absolute Gasteiger partial charge is 0.0178 e. The van der Waals surface area contributed by atoms with Crippen LogP contribution in [0.3, 0.4) is 0 Å². The van der Waals surface area contributed by atoms with E-state index >= 15 is 0 Å². The highest BCUT2D eigenvalue weighted by Gasteiger charge is 2.23. The number of rotatable bonds is 5. The van der Waals surface area contributed by atoms with Crippen molar-refractivity contribution in [2.45, 2.75) is 46.6 Å². The lowest BCUT2D eigenvalue weighted by molar-refractivity contribution is 0.225. The molecule has 1 aromatic carbocycles. The molecular weight excluding hydrogens is 286 g/mol. The zero-order valence-electron chi connectivity index (χ0n) is 12.3. The highest BCUT2D eigenvalue weighted by Crippen LogP contribution is 2.29. The molecule has 0 heterocycles. The molecule has 1 rings (SSSR count). The predicted molar refractivity (Wildman–Crippen MR) is 83.9 cm³/mol. The van der Waals surface area contributed by atoms with Crippen LogP contribution in [0.25, 0.3) is 0 Å². The molecule has 0 radical (unpaired) electrons. The summed E-state index contributed by atoms with van der Waals surface area (Å²) in [4.78, 5) is 0. The summed E-state index contributed by atoms with van der Waals surface area (Å²) in [6.07, 6.45) is 2.31. The molecule has 1 aromatic rings. The Labute approximate surface area is 120 Å². The maximum atomic E-state index is 3.54. The quantitative estimate of drug-likeness (QED) is 0.834. The fourth-order valence-electron chi connectivity index (χ4n) is 2.03. The van der Waals surface area contributed by atoms with Crippen LogP contribution in [0.1, 0.15) is 39.7 Å². The standard InChI is InChI=1S/C16H26BrN/c1-12(16(2,3)4)9-15(18-5)11-13-7-6-8-14(17)10-13/h6-8,10,12,15,18H,9,11H2,1-5H3. The number of hydrogen-bond acceptors (Lipinski definition) is 1. The number of hydrogen-bond donors (Lipinski definition) is 1. The second-order valence-electron chi connectivity index (χ2n) is 6.32. The molecule has 0 aliphatic rings. The molecule has 2 atom stereocenters. The molecule has 2 unspecified atom stereocenters. The van der Waals surface area contributed by atoms with E-state index in [-0.39, 0.29) is 0 Å². The molecule has 18 heavy (non-hydrogen) atoms. The van der Waals surface area contributed by atoms with E-state index in [1.807, 2.05) is 0 Å². The van der Waals surface area contributed by atoms with Crippen molar-refractivity contribution in [3.63, 3.8) is 0 Å². The van der Waals surface area contributed by atoms with Crippen LogP contribution in [0.2, 0.25) is 0 Å². The minimum atomic E-state index is 0.381. The lowest BCUT2D eigenvalue weighted by atomic mass is 9.78. The molecule has 1 nitrogen and oxygen atoms in total. The Kier molecular flexibility index (Phi) is 5.87. The maximum absolute atomic E-state index is 3.54. The molecule has 0 saturated heterocycles. The van der Waals surface area contributed by atoms with Gasteiger partial charge in [0, 0.05) is 10.5 Å². The van der Waals surface area contributed by atoms with E-state index in [1.54, 1.807) is 0 Å². The van der Waals surface area contributed by atoms with Gasteiger partial charge in [0.05, 0.1) is 0 Å². The van der Waals surface area contributed by atoms with Gasteiger partial charge in [-0.05, 0) is 48.9 Å². The van der Waals surface area contributed by atoms with Gasteiger partial charge in [0.2, 0.25) is 0 Å². The van der Waals surface area contributed by atoms with Crippen LogP contribution < -0.4 is 5.32 Å². The SMILES string of the molecule is CNC(Cc1cccc(Br)c1)CC(C)C(C)(C)C. The van der Waals surface area contributed by atoms with Gasteiger partial charge in [0.25, 0.3) is 0 Å². The molecule has 0 bridgehead atoms. The number of likely N-dealkylation sites (N-methyl/N-ethyl adjacent to an activating group) is 1. The molecule has 0 aromatic heterocycles. The van der Waals surface area contributed by atoms with E-state index in [0.29, 0.717) is 17.4 Å². The highest BCUT2D eigenvalue weighted by atomic mass is 79.9. The van der Waals surface area contributed by atoms with Crippen molar-refractivity contribution in [3.05, 3.63) is 34.3 Å². The van der Waals surface area contributed by atoms with Gasteiger partial charge >= 0.3 is 0 Å². The van der Waals surface area contributed by atoms with E-state index in [4.69, 9.17) is 0 Å². The van der Waals surface area contributed by atoms with Crippen LogP contribution in [-0.2, 0) is 6.42 Å². The van der Waals surface area contributed by atoms with Crippen molar-refractivity contribution in [2.75, 3.05) is 7.05 Å². The van der Waals surface area contributed by atoms with Crippen LogP contribution >= 0.6 is 15.9 Å². The molecule has 0 fully saturated rings. The zero-order valence-corrected chi connectivity index (χ0v) is 13.8. The van der Waals surface area contributed by atoms with Crippen LogP contribution in [0.4, 0.5) is 0 Å². The first-order valence-corrected chi connectivity index (χ1v) is 7.54. The minimum absolute atomic E-state index is 0.381. The fraction of sp³-hybridized carbons (Fsp3) is 0.625. The largest absolute Gasteiger partial charge is 0.317 e. The van der Waals surface area contributed by atoms with Gasteiger partial charge < -0.3 is 5.32 Å². The molecule has 102 valence electrons. The summed E-state index contributed by atoms with van der Waals surface area (Å²) >= 11 is 3.54. The van der Waals surface area contributed by atoms with Gasteiger partial charge in [-0.3, -0.25) is 0 Å². The molecule has 0 aliphatic heterocycles. The van der Waals surface area contributed by atoms with Gasteiger partial charge in [-0.1, -0.05) is 55.8 Å². The maximum Gasteiger partial charge on any atom is 0.0178 e. The van der Waals surface area contributed by atoms with E-state index in [0.717, 1.165) is 6.42 Å². The lowest BCUT2D eigenvalue weighted by Gasteiger charge is -2.30. The minimum Gasteiger partial charge on any atom is -0.317 e. The number of halogens is 1. The summed E-state index contributed by atoms with van der Waals surface area (Å²) in [6, 6.07) is 9.16. The topological polar surface area (TPSA) is 12.0 Å². The molecule has 2 heteroatoms. The van der Waals surface area contributed by atoms with E-state index < -0.39 is 0 Å². The van der Waals surface area contributed by atoms with E-state index in [9.17, 15) is 0 Å². The summed E-state index contributed by atoms with van der Waals surface area (Å²) in [5.41, 5.74) is 1.77. The van der Waals surface area contributed by atoms with Gasteiger partial charge in [-0.2, -0.15) is 0 Å². The summed E-state index contributed by atoms with van der Waals surface area (Å²) < 4.78 is 1.17. The summed E-state index contributed by atoms with van der Waals surface area (Å²) in [5.74, 6) is 0.710. The zero-order chi connectivity index (χ0) is 13.8. The highest BCUT2D eigenvalue weighted by molar-refractivity contribution is 9.10. The molecule has 0 saturated carbocycles. The van der Waals surface area contributed by atoms with Gasteiger partial charge in [-0.15, -0.1) is 0 Å². The second kappa shape index (κ2) is 6.72. The van der Waals surface area contributed by atoms with Crippen LogP contribution in [0.5, 0.6) is 0 Å². The van der Waals surface area contributed by atoms with Gasteiger partial charge in [0.15, 0.2) is 0 Å². The Bertz CT molecular complexity index is 368. The molecule has 0 amide bonds. The van der Waals surface area contributed by atoms with Crippen LogP contribution in [0.15, 0.2) is 28.7 Å². The van der Waals surface area contributed by atoms with Crippen molar-refractivity contribution >= 4 is 15.9 Å². The van der Waals surface area contributed by atoms with E-state index in [2.05, 4.69) is 80.3 Å². The predicted octanol–water partition coefficient (Wildman–Crippen LogP) is 4.65. The first kappa shape index (κ1) is 15.7. The van der Waals surface area contributed by atoms with Crippen molar-refractivity contribution in [1.29, 1.82) is 0 Å². The van der Waals surface area contributed by atoms with Gasteiger partial charge in [0.1, 0.15) is 0 Å². The molecule has 0 spiro atoms. The Morgan fingerprint density at radius 1 is 1.28 bits per heavy atom. The van der Waals surface area contributed by atoms with Gasteiger partial charge in [-0.25, -0.2) is 0 Å². The Morgan fingerprint density at radius 2 is 1.94 bits per heavy atom. The lowest BCUT2D eigenvalue weighted by Crippen LogP contribution is -2.33. The number of benzene rings is 1. The third-order valence-corrected chi connectivity index (χ3v) is 4.39. The van der Waals surface area contributed by atoms with Crippen molar-refractivity contribution in [1.82, 2.24) is 5.32 Å². The summed E-state index contributed by atoms with van der Waals surface area (Å²) in [5, 5.41) is 3.46. The van der Waals surface area contributed by atoms with Crippen LogP contribution in [0, 0.1) is 11.3 Å². The average Bonchev–Trinajstić information content (AvgIpc) is 2.26. The fourth-order valence-corrected chi connectivity index (χ4v) is 2.48. The van der Waals surface area contributed by atoms with Crippen molar-refractivity contribution in [2.24, 2.45) is 11.3 Å². The Morgan fingerprint density at radius 3 is 2.44 bits per heavy atom. The third-order valence-electron chi connectivity index (χ3n) is 3.90. The second-order valence-corrected chi connectivity index (χ2v) is 7.24. The van der Waals surface area contributed by atoms with Crippen molar-refractivity contribution < 1.29 is 0 Å². The summed E-state index contributed by atoms with van der Waals surface area (Å²) in [7, 11) is 2.07. The molecule has 0 aliphatic carbocycles. The normalized spacial score (nSPS) is 15.4. The molecular formula is C16H26BrN. The van der Waals surface area contributed by atoms with Crippen LogP contribution in [-0.4, -0.2) is 13.1 Å². The number of nitrogens with one attached hydrogen (secondary N) is 1. The monoisotopic (exact) mass is 311 g/mol. The Hall–Kier alpha value is -0.340.